The molecule has 0 heterocycles. The van der Waals surface area contributed by atoms with E-state index in [1.54, 1.807) is 0 Å². The summed E-state index contributed by atoms with van der Waals surface area (Å²) in [6.45, 7) is 11.7. The van der Waals surface area contributed by atoms with Crippen molar-refractivity contribution >= 4 is 19.1 Å². The van der Waals surface area contributed by atoms with Crippen LogP contribution in [-0.2, 0) is 4.43 Å². The molecule has 0 aliphatic carbocycles. The van der Waals surface area contributed by atoms with Crippen molar-refractivity contribution in [2.24, 2.45) is 0 Å². The van der Waals surface area contributed by atoms with Crippen LogP contribution >= 0.6 is 0 Å². The van der Waals surface area contributed by atoms with Gasteiger partial charge < -0.3 is 4.43 Å². The Labute approximate surface area is 135 Å². The van der Waals surface area contributed by atoms with Crippen molar-refractivity contribution in [3.05, 3.63) is 72.3 Å². The molecule has 0 fully saturated rings. The highest BCUT2D eigenvalue weighted by Gasteiger charge is 2.33. The molecule has 0 spiro atoms. The molecule has 0 aliphatic rings. The van der Waals surface area contributed by atoms with Gasteiger partial charge in [-0.1, -0.05) is 75.0 Å². The minimum absolute atomic E-state index is 0.789. The molecular weight excluding hydrogens is 284 g/mol. The largest absolute Gasteiger partial charge is 0.413 e. The summed E-state index contributed by atoms with van der Waals surface area (Å²) >= 11 is 0. The summed E-state index contributed by atoms with van der Waals surface area (Å²) in [6.07, 6.45) is 0. The van der Waals surface area contributed by atoms with Gasteiger partial charge in [0, 0.05) is 6.61 Å². The second kappa shape index (κ2) is 7.57. The van der Waals surface area contributed by atoms with Crippen LogP contribution in [0.4, 0.5) is 0 Å². The minimum Gasteiger partial charge on any atom is -0.413 e. The molecule has 0 N–H and O–H groups in total. The third-order valence-electron chi connectivity index (χ3n) is 4.42. The molecule has 0 saturated heterocycles. The smallest absolute Gasteiger partial charge is 0.223 e. The lowest BCUT2D eigenvalue weighted by molar-refractivity contribution is 0.330. The average molecular weight is 311 g/mol. The van der Waals surface area contributed by atoms with Crippen molar-refractivity contribution in [3.8, 4) is 0 Å². The van der Waals surface area contributed by atoms with Gasteiger partial charge in [-0.2, -0.15) is 0 Å². The molecule has 0 amide bonds. The van der Waals surface area contributed by atoms with Gasteiger partial charge in [0.05, 0.1) is 0 Å². The Morgan fingerprint density at radius 2 is 1.55 bits per heavy atom. The predicted molar refractivity (Wildman–Crippen MR) is 99.0 cm³/mol. The van der Waals surface area contributed by atoms with Gasteiger partial charge in [-0.05, 0) is 40.9 Å². The van der Waals surface area contributed by atoms with Crippen LogP contribution in [-0.4, -0.2) is 14.9 Å². The van der Waals surface area contributed by atoms with Crippen molar-refractivity contribution in [1.82, 2.24) is 0 Å². The van der Waals surface area contributed by atoms with Crippen LogP contribution in [0.3, 0.4) is 0 Å². The van der Waals surface area contributed by atoms with Crippen molar-refractivity contribution in [3.63, 3.8) is 0 Å². The van der Waals surface area contributed by atoms with Crippen LogP contribution in [0.2, 0.25) is 12.1 Å². The van der Waals surface area contributed by atoms with Gasteiger partial charge in [-0.15, -0.1) is 0 Å². The van der Waals surface area contributed by atoms with Crippen LogP contribution in [0.25, 0.3) is 5.57 Å². The van der Waals surface area contributed by atoms with Gasteiger partial charge in [0.25, 0.3) is 0 Å². The molecule has 2 aromatic rings. The first-order chi connectivity index (χ1) is 10.7. The van der Waals surface area contributed by atoms with Crippen molar-refractivity contribution < 1.29 is 4.43 Å². The SMILES string of the molecule is C=C(c1ccccc1)c1cccc([Si](CC)(CC)OCC)c1. The van der Waals surface area contributed by atoms with Crippen LogP contribution < -0.4 is 5.19 Å². The molecule has 0 unspecified atom stereocenters. The number of hydrogen-bond acceptors (Lipinski definition) is 1. The fourth-order valence-electron chi connectivity index (χ4n) is 3.02. The van der Waals surface area contributed by atoms with Crippen LogP contribution in [0.15, 0.2) is 61.2 Å². The van der Waals surface area contributed by atoms with E-state index in [0.717, 1.165) is 24.3 Å². The monoisotopic (exact) mass is 310 g/mol. The summed E-state index contributed by atoms with van der Waals surface area (Å²) in [5, 5.41) is 1.38. The zero-order valence-corrected chi connectivity index (χ0v) is 14.9. The van der Waals surface area contributed by atoms with Crippen molar-refractivity contribution in [1.29, 1.82) is 0 Å². The Balaban J connectivity index is 2.39. The van der Waals surface area contributed by atoms with Gasteiger partial charge in [-0.3, -0.25) is 0 Å². The van der Waals surface area contributed by atoms with E-state index in [9.17, 15) is 0 Å². The summed E-state index contributed by atoms with van der Waals surface area (Å²) in [5.74, 6) is 0. The normalized spacial score (nSPS) is 11.4. The van der Waals surface area contributed by atoms with Gasteiger partial charge in [0.1, 0.15) is 0 Å². The van der Waals surface area contributed by atoms with E-state index in [1.165, 1.54) is 16.3 Å². The summed E-state index contributed by atoms with van der Waals surface area (Å²) in [5.41, 5.74) is 3.45. The summed E-state index contributed by atoms with van der Waals surface area (Å²) in [4.78, 5) is 0. The van der Waals surface area contributed by atoms with Crippen LogP contribution in [0.5, 0.6) is 0 Å². The first-order valence-corrected chi connectivity index (χ1v) is 10.5. The molecule has 1 nitrogen and oxygen atoms in total. The lowest BCUT2D eigenvalue weighted by Crippen LogP contribution is -2.49. The molecule has 0 atom stereocenters. The molecule has 0 aliphatic heterocycles. The summed E-state index contributed by atoms with van der Waals surface area (Å²) in [6, 6.07) is 21.4. The Morgan fingerprint density at radius 1 is 0.909 bits per heavy atom. The van der Waals surface area contributed by atoms with E-state index in [2.05, 4.69) is 75.9 Å². The third kappa shape index (κ3) is 3.40. The lowest BCUT2D eigenvalue weighted by atomic mass is 10.00. The molecule has 0 radical (unpaired) electrons. The average Bonchev–Trinajstić information content (AvgIpc) is 2.60. The van der Waals surface area contributed by atoms with Gasteiger partial charge >= 0.3 is 0 Å². The Bertz CT molecular complexity index is 615. The highest BCUT2D eigenvalue weighted by atomic mass is 28.4. The maximum atomic E-state index is 6.26. The number of benzene rings is 2. The standard InChI is InChI=1S/C20H26OSi/c1-5-21-22(6-2,7-3)20-15-11-14-19(16-20)17(4)18-12-9-8-10-13-18/h8-16H,4-7H2,1-3H3. The fraction of sp³-hybridized carbons (Fsp3) is 0.300. The first kappa shape index (κ1) is 16.7. The highest BCUT2D eigenvalue weighted by molar-refractivity contribution is 6.86. The van der Waals surface area contributed by atoms with Crippen molar-refractivity contribution in [2.45, 2.75) is 32.9 Å². The maximum absolute atomic E-state index is 6.26. The third-order valence-corrected chi connectivity index (χ3v) is 8.91. The molecule has 0 bridgehead atoms. The minimum atomic E-state index is -1.84. The molecule has 116 valence electrons. The lowest BCUT2D eigenvalue weighted by Gasteiger charge is -2.29. The summed E-state index contributed by atoms with van der Waals surface area (Å²) < 4.78 is 6.26. The molecular formula is C20H26OSi. The number of rotatable bonds is 7. The van der Waals surface area contributed by atoms with Gasteiger partial charge in [0.2, 0.25) is 8.32 Å². The molecule has 0 saturated carbocycles. The van der Waals surface area contributed by atoms with Crippen LogP contribution in [0.1, 0.15) is 31.9 Å². The van der Waals surface area contributed by atoms with E-state index < -0.39 is 8.32 Å². The van der Waals surface area contributed by atoms with E-state index in [-0.39, 0.29) is 0 Å². The second-order valence-corrected chi connectivity index (χ2v) is 9.83. The van der Waals surface area contributed by atoms with E-state index in [4.69, 9.17) is 4.43 Å². The Morgan fingerprint density at radius 3 is 2.14 bits per heavy atom. The fourth-order valence-corrected chi connectivity index (χ4v) is 6.28. The predicted octanol–water partition coefficient (Wildman–Crippen LogP) is 4.98. The summed E-state index contributed by atoms with van der Waals surface area (Å²) in [7, 11) is -1.84. The van der Waals surface area contributed by atoms with Gasteiger partial charge in [0.15, 0.2) is 0 Å². The van der Waals surface area contributed by atoms with E-state index in [1.807, 2.05) is 6.07 Å². The maximum Gasteiger partial charge on any atom is 0.223 e. The number of hydrogen-bond donors (Lipinski definition) is 0. The topological polar surface area (TPSA) is 9.23 Å². The highest BCUT2D eigenvalue weighted by Crippen LogP contribution is 2.23. The molecule has 2 aromatic carbocycles. The molecule has 22 heavy (non-hydrogen) atoms. The quantitative estimate of drug-likeness (QED) is 0.656. The Kier molecular flexibility index (Phi) is 5.75. The van der Waals surface area contributed by atoms with Crippen LogP contribution in [0, 0.1) is 0 Å². The molecule has 2 heteroatoms. The van der Waals surface area contributed by atoms with Crippen molar-refractivity contribution in [2.75, 3.05) is 6.61 Å². The van der Waals surface area contributed by atoms with Gasteiger partial charge in [-0.25, -0.2) is 0 Å². The first-order valence-electron chi connectivity index (χ1n) is 8.16. The van der Waals surface area contributed by atoms with E-state index >= 15 is 0 Å². The second-order valence-electron chi connectivity index (χ2n) is 5.56. The Hall–Kier alpha value is -1.64. The zero-order chi connectivity index (χ0) is 16.0. The van der Waals surface area contributed by atoms with E-state index in [0.29, 0.717) is 0 Å². The zero-order valence-electron chi connectivity index (χ0n) is 13.9. The molecule has 2 rings (SSSR count). The molecule has 0 aromatic heterocycles.